The zero-order chi connectivity index (χ0) is 16.2. The Morgan fingerprint density at radius 2 is 1.70 bits per heavy atom. The van der Waals surface area contributed by atoms with E-state index >= 15 is 0 Å². The Labute approximate surface area is 137 Å². The first-order chi connectivity index (χ1) is 11.2. The van der Waals surface area contributed by atoms with Crippen molar-refractivity contribution in [1.29, 1.82) is 0 Å². The van der Waals surface area contributed by atoms with E-state index in [4.69, 9.17) is 0 Å². The van der Waals surface area contributed by atoms with Gasteiger partial charge >= 0.3 is 0 Å². The van der Waals surface area contributed by atoms with Crippen LogP contribution in [0.1, 0.15) is 31.7 Å². The van der Waals surface area contributed by atoms with Crippen molar-refractivity contribution in [3.63, 3.8) is 0 Å². The number of unbranched alkanes of at least 4 members (excludes halogenated alkanes) is 2. The summed E-state index contributed by atoms with van der Waals surface area (Å²) in [5, 5.41) is 1.12. The second-order valence-corrected chi connectivity index (χ2v) is 6.13. The molecular formula is C21H23NO. The largest absolute Gasteiger partial charge is 0.311 e. The zero-order valence-corrected chi connectivity index (χ0v) is 13.9. The molecule has 0 atom stereocenters. The van der Waals surface area contributed by atoms with Crippen molar-refractivity contribution in [3.8, 4) is 11.1 Å². The molecule has 23 heavy (non-hydrogen) atoms. The van der Waals surface area contributed by atoms with Crippen LogP contribution >= 0.6 is 0 Å². The van der Waals surface area contributed by atoms with E-state index in [2.05, 4.69) is 37.3 Å². The van der Waals surface area contributed by atoms with E-state index in [1.807, 2.05) is 25.2 Å². The molecule has 0 fully saturated rings. The zero-order valence-electron chi connectivity index (χ0n) is 13.9. The van der Waals surface area contributed by atoms with Gasteiger partial charge in [0, 0.05) is 18.5 Å². The summed E-state index contributed by atoms with van der Waals surface area (Å²) < 4.78 is 1.71. The molecule has 0 N–H and O–H groups in total. The second-order valence-electron chi connectivity index (χ2n) is 6.13. The number of rotatable bonds is 5. The molecule has 0 spiro atoms. The summed E-state index contributed by atoms with van der Waals surface area (Å²) in [7, 11) is 1.82. The fourth-order valence-corrected chi connectivity index (χ4v) is 3.08. The van der Waals surface area contributed by atoms with Crippen LogP contribution in [0.3, 0.4) is 0 Å². The van der Waals surface area contributed by atoms with Crippen LogP contribution in [0.4, 0.5) is 0 Å². The number of hydrogen-bond acceptors (Lipinski definition) is 1. The smallest absolute Gasteiger partial charge is 0.251 e. The monoisotopic (exact) mass is 305 g/mol. The standard InChI is InChI=1S/C21H23NO/c1-3-4-5-8-16-11-13-17(14-12-16)19-15-21(23)22(2)20-10-7-6-9-18(19)20/h6-7,9-15H,3-5,8H2,1-2H3. The highest BCUT2D eigenvalue weighted by atomic mass is 16.1. The van der Waals surface area contributed by atoms with Crippen LogP contribution in [0.5, 0.6) is 0 Å². The van der Waals surface area contributed by atoms with Gasteiger partial charge in [0.25, 0.3) is 5.56 Å². The van der Waals surface area contributed by atoms with Crippen molar-refractivity contribution in [3.05, 3.63) is 70.5 Å². The van der Waals surface area contributed by atoms with Crippen LogP contribution in [0.2, 0.25) is 0 Å². The molecule has 3 rings (SSSR count). The van der Waals surface area contributed by atoms with Gasteiger partial charge in [-0.3, -0.25) is 4.79 Å². The molecule has 0 aliphatic heterocycles. The minimum Gasteiger partial charge on any atom is -0.311 e. The first kappa shape index (κ1) is 15.5. The molecule has 0 saturated heterocycles. The van der Waals surface area contributed by atoms with E-state index in [0.717, 1.165) is 28.5 Å². The lowest BCUT2D eigenvalue weighted by molar-refractivity contribution is 0.717. The van der Waals surface area contributed by atoms with E-state index in [1.165, 1.54) is 24.8 Å². The van der Waals surface area contributed by atoms with E-state index < -0.39 is 0 Å². The van der Waals surface area contributed by atoms with Crippen molar-refractivity contribution >= 4 is 10.9 Å². The Kier molecular flexibility index (Phi) is 4.61. The molecule has 118 valence electrons. The molecule has 1 aromatic heterocycles. The van der Waals surface area contributed by atoms with Gasteiger partial charge in [0.15, 0.2) is 0 Å². The normalized spacial score (nSPS) is 11.0. The summed E-state index contributed by atoms with van der Waals surface area (Å²) in [6.07, 6.45) is 4.90. The molecule has 0 unspecified atom stereocenters. The highest BCUT2D eigenvalue weighted by Gasteiger charge is 2.08. The topological polar surface area (TPSA) is 22.0 Å². The van der Waals surface area contributed by atoms with E-state index in [9.17, 15) is 4.79 Å². The van der Waals surface area contributed by atoms with Crippen molar-refractivity contribution in [2.75, 3.05) is 0 Å². The molecule has 1 heterocycles. The molecule has 2 heteroatoms. The molecular weight excluding hydrogens is 282 g/mol. The van der Waals surface area contributed by atoms with Crippen molar-refractivity contribution < 1.29 is 0 Å². The van der Waals surface area contributed by atoms with Gasteiger partial charge in [-0.2, -0.15) is 0 Å². The van der Waals surface area contributed by atoms with Crippen LogP contribution in [-0.2, 0) is 13.5 Å². The van der Waals surface area contributed by atoms with Gasteiger partial charge in [-0.25, -0.2) is 0 Å². The van der Waals surface area contributed by atoms with Gasteiger partial charge in [0.2, 0.25) is 0 Å². The Morgan fingerprint density at radius 3 is 2.43 bits per heavy atom. The molecule has 2 aromatic carbocycles. The number of para-hydroxylation sites is 1. The maximum Gasteiger partial charge on any atom is 0.251 e. The lowest BCUT2D eigenvalue weighted by Gasteiger charge is -2.11. The third-order valence-electron chi connectivity index (χ3n) is 4.49. The molecule has 0 saturated carbocycles. The van der Waals surface area contributed by atoms with Crippen LogP contribution in [0, 0.1) is 0 Å². The van der Waals surface area contributed by atoms with Gasteiger partial charge in [0.1, 0.15) is 0 Å². The molecule has 0 radical (unpaired) electrons. The lowest BCUT2D eigenvalue weighted by atomic mass is 9.98. The van der Waals surface area contributed by atoms with Gasteiger partial charge < -0.3 is 4.57 Å². The number of fused-ring (bicyclic) bond motifs is 1. The predicted octanol–water partition coefficient (Wildman–Crippen LogP) is 4.94. The number of aromatic nitrogens is 1. The number of nitrogens with zero attached hydrogens (tertiary/aromatic N) is 1. The molecule has 0 aliphatic rings. The minimum absolute atomic E-state index is 0.0331. The summed E-state index contributed by atoms with van der Waals surface area (Å²) >= 11 is 0. The number of pyridine rings is 1. The van der Waals surface area contributed by atoms with E-state index in [0.29, 0.717) is 0 Å². The average Bonchev–Trinajstić information content (AvgIpc) is 2.59. The first-order valence-electron chi connectivity index (χ1n) is 8.39. The summed E-state index contributed by atoms with van der Waals surface area (Å²) in [5.41, 5.74) is 4.50. The van der Waals surface area contributed by atoms with Gasteiger partial charge in [-0.1, -0.05) is 62.2 Å². The lowest BCUT2D eigenvalue weighted by Crippen LogP contribution is -2.16. The molecule has 3 aromatic rings. The molecule has 0 bridgehead atoms. The molecule has 2 nitrogen and oxygen atoms in total. The van der Waals surface area contributed by atoms with Gasteiger partial charge in [0.05, 0.1) is 5.52 Å². The highest BCUT2D eigenvalue weighted by Crippen LogP contribution is 2.27. The second kappa shape index (κ2) is 6.82. The Bertz CT molecular complexity index is 859. The van der Waals surface area contributed by atoms with Crippen LogP contribution < -0.4 is 5.56 Å². The molecule has 0 amide bonds. The Morgan fingerprint density at radius 1 is 0.957 bits per heavy atom. The Balaban J connectivity index is 2.00. The summed E-state index contributed by atoms with van der Waals surface area (Å²) in [4.78, 5) is 12.2. The number of benzene rings is 2. The first-order valence-corrected chi connectivity index (χ1v) is 8.39. The summed E-state index contributed by atoms with van der Waals surface area (Å²) in [6.45, 7) is 2.23. The third kappa shape index (κ3) is 3.21. The quantitative estimate of drug-likeness (QED) is 0.612. The van der Waals surface area contributed by atoms with E-state index in [-0.39, 0.29) is 5.56 Å². The van der Waals surface area contributed by atoms with Crippen molar-refractivity contribution in [2.24, 2.45) is 7.05 Å². The van der Waals surface area contributed by atoms with Crippen molar-refractivity contribution in [1.82, 2.24) is 4.57 Å². The highest BCUT2D eigenvalue weighted by molar-refractivity contribution is 5.94. The number of hydrogen-bond donors (Lipinski definition) is 0. The number of aryl methyl sites for hydroxylation is 2. The Hall–Kier alpha value is -2.35. The SMILES string of the molecule is CCCCCc1ccc(-c2cc(=O)n(C)c3ccccc23)cc1. The molecule has 0 aliphatic carbocycles. The van der Waals surface area contributed by atoms with Crippen LogP contribution in [0.15, 0.2) is 59.4 Å². The van der Waals surface area contributed by atoms with Crippen LogP contribution in [0.25, 0.3) is 22.0 Å². The fourth-order valence-electron chi connectivity index (χ4n) is 3.08. The average molecular weight is 305 g/mol. The maximum absolute atomic E-state index is 12.2. The minimum atomic E-state index is 0.0331. The predicted molar refractivity (Wildman–Crippen MR) is 97.9 cm³/mol. The maximum atomic E-state index is 12.2. The fraction of sp³-hybridized carbons (Fsp3) is 0.286. The van der Waals surface area contributed by atoms with Gasteiger partial charge in [-0.05, 0) is 35.6 Å². The van der Waals surface area contributed by atoms with Crippen molar-refractivity contribution in [2.45, 2.75) is 32.6 Å². The summed E-state index contributed by atoms with van der Waals surface area (Å²) in [5.74, 6) is 0. The van der Waals surface area contributed by atoms with Crippen LogP contribution in [-0.4, -0.2) is 4.57 Å². The van der Waals surface area contributed by atoms with E-state index in [1.54, 1.807) is 10.6 Å². The summed E-state index contributed by atoms with van der Waals surface area (Å²) in [6, 6.07) is 18.5. The van der Waals surface area contributed by atoms with Gasteiger partial charge in [-0.15, -0.1) is 0 Å². The third-order valence-corrected chi connectivity index (χ3v) is 4.49.